The van der Waals surface area contributed by atoms with Gasteiger partial charge in [-0.05, 0) is 37.5 Å². The number of hydrogen-bond donors (Lipinski definition) is 1. The predicted molar refractivity (Wildman–Crippen MR) is 122 cm³/mol. The second kappa shape index (κ2) is 9.66. The second-order valence-electron chi connectivity index (χ2n) is 7.81. The Kier molecular flexibility index (Phi) is 6.74. The number of aliphatic imine (C=N–C) groups is 1. The number of rotatable bonds is 6. The van der Waals surface area contributed by atoms with Gasteiger partial charge in [0.25, 0.3) is 0 Å². The molecule has 2 N–H and O–H groups in total. The lowest BCUT2D eigenvalue weighted by Crippen LogP contribution is -2.51. The molecule has 0 radical (unpaired) electrons. The minimum Gasteiger partial charge on any atom is -0.494 e. The van der Waals surface area contributed by atoms with Crippen LogP contribution in [-0.4, -0.2) is 68.4 Å². The summed E-state index contributed by atoms with van der Waals surface area (Å²) < 4.78 is 11.3. The molecular formula is C22H31N5O2S. The molecule has 2 aliphatic heterocycles. The summed E-state index contributed by atoms with van der Waals surface area (Å²) in [5, 5.41) is 3.10. The van der Waals surface area contributed by atoms with Crippen molar-refractivity contribution in [1.82, 2.24) is 9.88 Å². The zero-order valence-electron chi connectivity index (χ0n) is 17.6. The third kappa shape index (κ3) is 4.70. The maximum absolute atomic E-state index is 6.42. The third-order valence-electron chi connectivity index (χ3n) is 6.06. The van der Waals surface area contributed by atoms with Crippen molar-refractivity contribution in [2.24, 2.45) is 10.7 Å². The van der Waals surface area contributed by atoms with Gasteiger partial charge < -0.3 is 25.0 Å². The molecule has 4 rings (SSSR count). The lowest BCUT2D eigenvalue weighted by atomic mass is 9.74. The number of ether oxygens (including phenoxy) is 2. The van der Waals surface area contributed by atoms with E-state index in [2.05, 4.69) is 39.0 Å². The quantitative estimate of drug-likeness (QED) is 0.562. The number of anilines is 1. The molecule has 2 fully saturated rings. The molecule has 2 aliphatic rings. The van der Waals surface area contributed by atoms with Crippen molar-refractivity contribution in [3.8, 4) is 5.75 Å². The van der Waals surface area contributed by atoms with Gasteiger partial charge in [-0.2, -0.15) is 0 Å². The molecule has 162 valence electrons. The summed E-state index contributed by atoms with van der Waals surface area (Å²) in [5.41, 5.74) is 7.68. The Morgan fingerprint density at radius 3 is 2.57 bits per heavy atom. The van der Waals surface area contributed by atoms with E-state index < -0.39 is 0 Å². The van der Waals surface area contributed by atoms with Crippen molar-refractivity contribution < 1.29 is 9.47 Å². The Hall–Kier alpha value is -2.32. The van der Waals surface area contributed by atoms with Crippen molar-refractivity contribution in [3.05, 3.63) is 41.4 Å². The molecule has 0 spiro atoms. The van der Waals surface area contributed by atoms with Crippen molar-refractivity contribution in [1.29, 1.82) is 0 Å². The Morgan fingerprint density at radius 2 is 1.93 bits per heavy atom. The van der Waals surface area contributed by atoms with Gasteiger partial charge in [0.2, 0.25) is 0 Å². The number of hydrogen-bond acceptors (Lipinski definition) is 6. The Labute approximate surface area is 182 Å². The van der Waals surface area contributed by atoms with Crippen molar-refractivity contribution in [2.75, 3.05) is 57.4 Å². The van der Waals surface area contributed by atoms with Gasteiger partial charge in [0.1, 0.15) is 5.75 Å². The van der Waals surface area contributed by atoms with Crippen LogP contribution in [0.2, 0.25) is 0 Å². The Bertz CT molecular complexity index is 811. The standard InChI is InChI=1S/C22H31N5O2S/c1-2-29-19-5-3-18(4-6-19)22(7-14-28-15-8-22)17-25-20(23)26-10-12-27(13-11-26)21-24-9-16-30-21/h3-6,9,16H,2,7-8,10-15,17H2,1H3,(H2,23,25). The summed E-state index contributed by atoms with van der Waals surface area (Å²) in [6.07, 6.45) is 3.77. The summed E-state index contributed by atoms with van der Waals surface area (Å²) in [7, 11) is 0. The Balaban J connectivity index is 1.42. The molecule has 7 nitrogen and oxygen atoms in total. The van der Waals surface area contributed by atoms with Gasteiger partial charge in [-0.15, -0.1) is 11.3 Å². The number of guanidine groups is 1. The lowest BCUT2D eigenvalue weighted by Gasteiger charge is -2.38. The van der Waals surface area contributed by atoms with Crippen LogP contribution in [0.1, 0.15) is 25.3 Å². The van der Waals surface area contributed by atoms with Gasteiger partial charge >= 0.3 is 0 Å². The highest BCUT2D eigenvalue weighted by Crippen LogP contribution is 2.36. The third-order valence-corrected chi connectivity index (χ3v) is 6.90. The monoisotopic (exact) mass is 429 g/mol. The molecule has 0 atom stereocenters. The van der Waals surface area contributed by atoms with Crippen LogP contribution in [0.25, 0.3) is 0 Å². The number of nitrogens with zero attached hydrogens (tertiary/aromatic N) is 4. The molecule has 3 heterocycles. The highest BCUT2D eigenvalue weighted by Gasteiger charge is 2.34. The van der Waals surface area contributed by atoms with Crippen LogP contribution < -0.4 is 15.4 Å². The number of aromatic nitrogens is 1. The van der Waals surface area contributed by atoms with Crippen LogP contribution in [0.4, 0.5) is 5.13 Å². The van der Waals surface area contributed by atoms with Gasteiger partial charge in [0.15, 0.2) is 11.1 Å². The van der Waals surface area contributed by atoms with E-state index in [4.69, 9.17) is 20.2 Å². The van der Waals surface area contributed by atoms with Gasteiger partial charge in [0.05, 0.1) is 13.2 Å². The lowest BCUT2D eigenvalue weighted by molar-refractivity contribution is 0.0530. The first-order valence-electron chi connectivity index (χ1n) is 10.7. The van der Waals surface area contributed by atoms with Crippen LogP contribution in [0.3, 0.4) is 0 Å². The zero-order valence-corrected chi connectivity index (χ0v) is 18.4. The van der Waals surface area contributed by atoms with Crippen molar-refractivity contribution >= 4 is 22.4 Å². The fourth-order valence-corrected chi connectivity index (χ4v) is 4.90. The minimum absolute atomic E-state index is 0.0314. The van der Waals surface area contributed by atoms with Crippen molar-refractivity contribution in [3.63, 3.8) is 0 Å². The fraction of sp³-hybridized carbons (Fsp3) is 0.545. The van der Waals surface area contributed by atoms with Crippen LogP contribution in [0.5, 0.6) is 5.75 Å². The average molecular weight is 430 g/mol. The fourth-order valence-electron chi connectivity index (χ4n) is 4.20. The zero-order chi connectivity index (χ0) is 20.8. The maximum Gasteiger partial charge on any atom is 0.191 e. The number of piperazine rings is 1. The van der Waals surface area contributed by atoms with E-state index in [0.717, 1.165) is 63.1 Å². The summed E-state index contributed by atoms with van der Waals surface area (Å²) in [6, 6.07) is 8.46. The molecular weight excluding hydrogens is 398 g/mol. The maximum atomic E-state index is 6.42. The van der Waals surface area contributed by atoms with E-state index in [1.165, 1.54) is 5.56 Å². The molecule has 1 aromatic heterocycles. The molecule has 8 heteroatoms. The highest BCUT2D eigenvalue weighted by molar-refractivity contribution is 7.13. The first-order valence-corrected chi connectivity index (χ1v) is 11.6. The minimum atomic E-state index is -0.0314. The molecule has 30 heavy (non-hydrogen) atoms. The molecule has 0 bridgehead atoms. The van der Waals surface area contributed by atoms with E-state index in [1.807, 2.05) is 18.5 Å². The Morgan fingerprint density at radius 1 is 1.20 bits per heavy atom. The number of benzene rings is 1. The van der Waals surface area contributed by atoms with Gasteiger partial charge in [0, 0.05) is 56.4 Å². The molecule has 0 unspecified atom stereocenters. The first-order chi connectivity index (χ1) is 14.7. The van der Waals surface area contributed by atoms with Gasteiger partial charge in [-0.1, -0.05) is 12.1 Å². The molecule has 0 aliphatic carbocycles. The topological polar surface area (TPSA) is 76.2 Å². The molecule has 0 saturated carbocycles. The van der Waals surface area contributed by atoms with Crippen LogP contribution in [0.15, 0.2) is 40.8 Å². The smallest absolute Gasteiger partial charge is 0.191 e. The number of nitrogens with two attached hydrogens (primary N) is 1. The summed E-state index contributed by atoms with van der Waals surface area (Å²) >= 11 is 1.68. The van der Waals surface area contributed by atoms with Crippen molar-refractivity contribution in [2.45, 2.75) is 25.2 Å². The van der Waals surface area contributed by atoms with Crippen LogP contribution in [0, 0.1) is 0 Å². The molecule has 2 aromatic rings. The van der Waals surface area contributed by atoms with E-state index in [0.29, 0.717) is 19.1 Å². The SMILES string of the molecule is CCOc1ccc(C2(CN=C(N)N3CCN(c4nccs4)CC3)CCOCC2)cc1. The summed E-state index contributed by atoms with van der Waals surface area (Å²) in [6.45, 7) is 8.45. The molecule has 1 aromatic carbocycles. The van der Waals surface area contributed by atoms with Gasteiger partial charge in [-0.3, -0.25) is 4.99 Å². The molecule has 0 amide bonds. The van der Waals surface area contributed by atoms with Gasteiger partial charge in [-0.25, -0.2) is 4.98 Å². The van der Waals surface area contributed by atoms with E-state index >= 15 is 0 Å². The molecule has 2 saturated heterocycles. The largest absolute Gasteiger partial charge is 0.494 e. The predicted octanol–water partition coefficient (Wildman–Crippen LogP) is 2.73. The first kappa shape index (κ1) is 20.9. The average Bonchev–Trinajstić information content (AvgIpc) is 3.34. The van der Waals surface area contributed by atoms with Crippen LogP contribution in [-0.2, 0) is 10.2 Å². The number of thiazole rings is 1. The van der Waals surface area contributed by atoms with E-state index in [9.17, 15) is 0 Å². The van der Waals surface area contributed by atoms with Crippen LogP contribution >= 0.6 is 11.3 Å². The second-order valence-corrected chi connectivity index (χ2v) is 8.69. The van der Waals surface area contributed by atoms with E-state index in [-0.39, 0.29) is 5.41 Å². The highest BCUT2D eigenvalue weighted by atomic mass is 32.1. The van der Waals surface area contributed by atoms with E-state index in [1.54, 1.807) is 11.3 Å². The summed E-state index contributed by atoms with van der Waals surface area (Å²) in [4.78, 5) is 13.8. The normalized spacial score (nSPS) is 19.7. The summed E-state index contributed by atoms with van der Waals surface area (Å²) in [5.74, 6) is 1.55.